The molecule has 0 aliphatic rings. The summed E-state index contributed by atoms with van der Waals surface area (Å²) in [7, 11) is 0. The van der Waals surface area contributed by atoms with E-state index in [0.29, 0.717) is 12.1 Å². The van der Waals surface area contributed by atoms with Gasteiger partial charge in [-0.2, -0.15) is 0 Å². The van der Waals surface area contributed by atoms with Gasteiger partial charge in [-0.05, 0) is 24.1 Å². The molecule has 6 nitrogen and oxygen atoms in total. The van der Waals surface area contributed by atoms with Gasteiger partial charge in [0.05, 0.1) is 6.61 Å². The molecule has 3 amide bonds. The third-order valence-corrected chi connectivity index (χ3v) is 1.95. The molecule has 1 radical (unpaired) electrons. The van der Waals surface area contributed by atoms with Crippen LogP contribution in [0.15, 0.2) is 24.3 Å². The van der Waals surface area contributed by atoms with E-state index in [2.05, 4.69) is 16.2 Å². The van der Waals surface area contributed by atoms with Crippen molar-refractivity contribution in [2.24, 2.45) is 0 Å². The van der Waals surface area contributed by atoms with Crippen LogP contribution < -0.4 is 16.2 Å². The highest BCUT2D eigenvalue weighted by molar-refractivity contribution is 5.90. The minimum Gasteiger partial charge on any atom is -0.307 e. The number of nitrogens with one attached hydrogen (secondary N) is 3. The second-order valence-electron chi connectivity index (χ2n) is 3.41. The van der Waals surface area contributed by atoms with Crippen molar-refractivity contribution in [3.63, 3.8) is 0 Å². The van der Waals surface area contributed by atoms with Crippen molar-refractivity contribution in [1.29, 1.82) is 0 Å². The van der Waals surface area contributed by atoms with Gasteiger partial charge >= 0.3 is 6.03 Å². The highest BCUT2D eigenvalue weighted by atomic mass is 16.3. The van der Waals surface area contributed by atoms with Crippen molar-refractivity contribution >= 4 is 17.6 Å². The first kappa shape index (κ1) is 13.0. The maximum Gasteiger partial charge on any atom is 0.337 e. The molecule has 0 spiro atoms. The second-order valence-corrected chi connectivity index (χ2v) is 3.41. The van der Waals surface area contributed by atoms with Gasteiger partial charge in [0.2, 0.25) is 5.91 Å². The van der Waals surface area contributed by atoms with Crippen LogP contribution in [-0.2, 0) is 16.3 Å². The van der Waals surface area contributed by atoms with Crippen LogP contribution in [0, 0.1) is 0 Å². The molecule has 0 heterocycles. The fourth-order valence-electron chi connectivity index (χ4n) is 1.18. The minimum atomic E-state index is -0.531. The topological polar surface area (TPSA) is 90.1 Å². The molecule has 0 saturated heterocycles. The van der Waals surface area contributed by atoms with E-state index >= 15 is 0 Å². The SMILES string of the molecule is CC(=O)NNC(=O)Nc1ccc(CC[O])cc1. The van der Waals surface area contributed by atoms with Crippen LogP contribution in [0.2, 0.25) is 0 Å². The number of carbonyl (C=O) groups excluding carboxylic acids is 2. The van der Waals surface area contributed by atoms with Gasteiger partial charge in [-0.25, -0.2) is 15.3 Å². The zero-order valence-electron chi connectivity index (χ0n) is 9.45. The van der Waals surface area contributed by atoms with E-state index in [1.165, 1.54) is 6.92 Å². The van der Waals surface area contributed by atoms with Crippen molar-refractivity contribution in [3.05, 3.63) is 29.8 Å². The Bertz CT molecular complexity index is 389. The van der Waals surface area contributed by atoms with Crippen molar-refractivity contribution in [1.82, 2.24) is 10.9 Å². The molecule has 91 valence electrons. The van der Waals surface area contributed by atoms with Gasteiger partial charge in [0.15, 0.2) is 0 Å². The van der Waals surface area contributed by atoms with Crippen LogP contribution >= 0.6 is 0 Å². The molecule has 0 aliphatic carbocycles. The Morgan fingerprint density at radius 3 is 2.29 bits per heavy atom. The zero-order chi connectivity index (χ0) is 12.7. The van der Waals surface area contributed by atoms with Crippen LogP contribution in [0.3, 0.4) is 0 Å². The number of hydrazine groups is 1. The summed E-state index contributed by atoms with van der Waals surface area (Å²) in [5, 5.41) is 12.9. The number of hydrogen-bond acceptors (Lipinski definition) is 2. The van der Waals surface area contributed by atoms with Gasteiger partial charge in [-0.1, -0.05) is 12.1 Å². The van der Waals surface area contributed by atoms with Crippen molar-refractivity contribution < 1.29 is 14.7 Å². The molecule has 0 fully saturated rings. The van der Waals surface area contributed by atoms with Crippen molar-refractivity contribution in [2.45, 2.75) is 13.3 Å². The first-order valence-electron chi connectivity index (χ1n) is 5.12. The third-order valence-electron chi connectivity index (χ3n) is 1.95. The van der Waals surface area contributed by atoms with Gasteiger partial charge in [0.25, 0.3) is 0 Å². The quantitative estimate of drug-likeness (QED) is 0.678. The molecule has 1 aromatic rings. The number of urea groups is 1. The number of anilines is 1. The number of carbonyl (C=O) groups is 2. The summed E-state index contributed by atoms with van der Waals surface area (Å²) in [5.74, 6) is -0.356. The number of rotatable bonds is 3. The van der Waals surface area contributed by atoms with Gasteiger partial charge in [-0.3, -0.25) is 10.2 Å². The van der Waals surface area contributed by atoms with Gasteiger partial charge in [0.1, 0.15) is 0 Å². The predicted octanol–water partition coefficient (Wildman–Crippen LogP) is 0.832. The molecule has 0 aliphatic heterocycles. The molecule has 0 unspecified atom stereocenters. The summed E-state index contributed by atoms with van der Waals surface area (Å²) >= 11 is 0. The molecular formula is C11H14N3O3. The Balaban J connectivity index is 2.45. The largest absolute Gasteiger partial charge is 0.337 e. The predicted molar refractivity (Wildman–Crippen MR) is 61.7 cm³/mol. The number of benzene rings is 1. The highest BCUT2D eigenvalue weighted by Crippen LogP contribution is 2.09. The van der Waals surface area contributed by atoms with E-state index in [1.54, 1.807) is 24.3 Å². The molecule has 17 heavy (non-hydrogen) atoms. The van der Waals surface area contributed by atoms with Crippen molar-refractivity contribution in [2.75, 3.05) is 11.9 Å². The van der Waals surface area contributed by atoms with Gasteiger partial charge in [-0.15, -0.1) is 0 Å². The van der Waals surface area contributed by atoms with Crippen LogP contribution in [0.25, 0.3) is 0 Å². The lowest BCUT2D eigenvalue weighted by Crippen LogP contribution is -2.42. The Morgan fingerprint density at radius 1 is 1.12 bits per heavy atom. The fraction of sp³-hybridized carbons (Fsp3) is 0.273. The van der Waals surface area contributed by atoms with E-state index in [0.717, 1.165) is 5.56 Å². The van der Waals surface area contributed by atoms with Crippen LogP contribution in [0.5, 0.6) is 0 Å². The smallest absolute Gasteiger partial charge is 0.307 e. The lowest BCUT2D eigenvalue weighted by molar-refractivity contribution is -0.119. The summed E-state index contributed by atoms with van der Waals surface area (Å²) in [6.45, 7) is 1.13. The lowest BCUT2D eigenvalue weighted by Gasteiger charge is -2.07. The van der Waals surface area contributed by atoms with E-state index in [9.17, 15) is 14.7 Å². The van der Waals surface area contributed by atoms with E-state index in [-0.39, 0.29) is 12.5 Å². The molecule has 1 rings (SSSR count). The maximum atomic E-state index is 11.2. The second kappa shape index (κ2) is 6.49. The van der Waals surface area contributed by atoms with Crippen LogP contribution in [0.1, 0.15) is 12.5 Å². The van der Waals surface area contributed by atoms with Crippen LogP contribution in [-0.4, -0.2) is 18.5 Å². The summed E-state index contributed by atoms with van der Waals surface area (Å²) in [6.07, 6.45) is 0.471. The molecule has 3 N–H and O–H groups in total. The average molecular weight is 236 g/mol. The number of amides is 3. The fourth-order valence-corrected chi connectivity index (χ4v) is 1.18. The minimum absolute atomic E-state index is 0.157. The van der Waals surface area contributed by atoms with Gasteiger partial charge in [0, 0.05) is 12.6 Å². The Morgan fingerprint density at radius 2 is 1.76 bits per heavy atom. The Hall–Kier alpha value is -2.08. The highest BCUT2D eigenvalue weighted by Gasteiger charge is 2.01. The molecule has 0 atom stereocenters. The molecule has 0 bridgehead atoms. The Kier molecular flexibility index (Phi) is 4.96. The van der Waals surface area contributed by atoms with Crippen LogP contribution in [0.4, 0.5) is 10.5 Å². The molecule has 1 aromatic carbocycles. The normalized spacial score (nSPS) is 9.53. The standard InChI is InChI=1S/C11H14N3O3/c1-8(16)13-14-11(17)12-10-4-2-9(3-5-10)6-7-15/h2-5H,6-7H2,1H3,(H,13,16)(H2,12,14,17). The summed E-state index contributed by atoms with van der Waals surface area (Å²) in [6, 6.07) is 6.39. The zero-order valence-corrected chi connectivity index (χ0v) is 9.45. The maximum absolute atomic E-state index is 11.2. The Labute approximate surface area is 99.0 Å². The first-order chi connectivity index (χ1) is 8.11. The summed E-state index contributed by atoms with van der Waals surface area (Å²) in [5.41, 5.74) is 5.84. The van der Waals surface area contributed by atoms with Gasteiger partial charge < -0.3 is 5.32 Å². The van der Waals surface area contributed by atoms with E-state index in [4.69, 9.17) is 0 Å². The molecule has 0 aromatic heterocycles. The monoisotopic (exact) mass is 236 g/mol. The van der Waals surface area contributed by atoms with Crippen molar-refractivity contribution in [3.8, 4) is 0 Å². The molecule has 0 saturated carbocycles. The summed E-state index contributed by atoms with van der Waals surface area (Å²) in [4.78, 5) is 21.8. The third kappa shape index (κ3) is 4.98. The summed E-state index contributed by atoms with van der Waals surface area (Å²) < 4.78 is 0. The molecule has 6 heteroatoms. The average Bonchev–Trinajstić information content (AvgIpc) is 2.29. The molecular weight excluding hydrogens is 222 g/mol. The first-order valence-corrected chi connectivity index (χ1v) is 5.12. The van der Waals surface area contributed by atoms with E-state index < -0.39 is 6.03 Å². The van der Waals surface area contributed by atoms with E-state index in [1.807, 2.05) is 0 Å². The lowest BCUT2D eigenvalue weighted by atomic mass is 10.1. The number of hydrogen-bond donors (Lipinski definition) is 3.